The van der Waals surface area contributed by atoms with Crippen molar-refractivity contribution in [2.75, 3.05) is 11.2 Å². The van der Waals surface area contributed by atoms with Crippen molar-refractivity contribution in [1.29, 1.82) is 0 Å². The minimum Gasteiger partial charge on any atom is -0.436 e. The van der Waals surface area contributed by atoms with Crippen molar-refractivity contribution in [1.82, 2.24) is 9.97 Å². The number of oxazole rings is 1. The standard InChI is InChI=1S/C14H9BrClN3O2/c15-9-3-8(6-17-7-9)14-19-11-4-10(18-13(20)5-16)1-2-12(11)21-14/h1-4,6-7H,5H2,(H,18,20). The summed E-state index contributed by atoms with van der Waals surface area (Å²) >= 11 is 8.82. The Morgan fingerprint density at radius 1 is 1.33 bits per heavy atom. The van der Waals surface area contributed by atoms with Crippen LogP contribution in [0.15, 0.2) is 45.5 Å². The molecule has 0 unspecified atom stereocenters. The maximum absolute atomic E-state index is 11.3. The molecular formula is C14H9BrClN3O2. The Hall–Kier alpha value is -1.92. The van der Waals surface area contributed by atoms with Gasteiger partial charge in [-0.2, -0.15) is 0 Å². The Labute approximate surface area is 133 Å². The summed E-state index contributed by atoms with van der Waals surface area (Å²) in [7, 11) is 0. The number of alkyl halides is 1. The molecule has 5 nitrogen and oxygen atoms in total. The molecular weight excluding hydrogens is 358 g/mol. The van der Waals surface area contributed by atoms with E-state index >= 15 is 0 Å². The molecule has 7 heteroatoms. The Balaban J connectivity index is 1.98. The largest absolute Gasteiger partial charge is 0.436 e. The summed E-state index contributed by atoms with van der Waals surface area (Å²) in [4.78, 5) is 19.8. The first-order valence-corrected chi connectivity index (χ1v) is 7.36. The van der Waals surface area contributed by atoms with E-state index in [9.17, 15) is 4.79 Å². The highest BCUT2D eigenvalue weighted by Crippen LogP contribution is 2.27. The number of nitrogens with zero attached hydrogens (tertiary/aromatic N) is 2. The number of aromatic nitrogens is 2. The third-order valence-corrected chi connectivity index (χ3v) is 3.42. The van der Waals surface area contributed by atoms with Crippen LogP contribution in [0.1, 0.15) is 0 Å². The Morgan fingerprint density at radius 3 is 2.95 bits per heavy atom. The zero-order chi connectivity index (χ0) is 14.8. The lowest BCUT2D eigenvalue weighted by Gasteiger charge is -2.01. The summed E-state index contributed by atoms with van der Waals surface area (Å²) in [5.41, 5.74) is 2.68. The van der Waals surface area contributed by atoms with Crippen LogP contribution in [0.5, 0.6) is 0 Å². The van der Waals surface area contributed by atoms with Crippen LogP contribution in [-0.2, 0) is 4.79 Å². The number of carbonyl (C=O) groups is 1. The van der Waals surface area contributed by atoms with E-state index in [0.717, 1.165) is 10.0 Å². The van der Waals surface area contributed by atoms with Gasteiger partial charge in [-0.25, -0.2) is 4.98 Å². The van der Waals surface area contributed by atoms with Crippen LogP contribution >= 0.6 is 27.5 Å². The molecule has 0 bridgehead atoms. The lowest BCUT2D eigenvalue weighted by molar-refractivity contribution is -0.113. The van der Waals surface area contributed by atoms with E-state index in [1.807, 2.05) is 6.07 Å². The molecule has 21 heavy (non-hydrogen) atoms. The first-order valence-electron chi connectivity index (χ1n) is 6.03. The second kappa shape index (κ2) is 5.83. The van der Waals surface area contributed by atoms with E-state index in [0.29, 0.717) is 22.7 Å². The summed E-state index contributed by atoms with van der Waals surface area (Å²) in [5, 5.41) is 2.67. The van der Waals surface area contributed by atoms with Gasteiger partial charge in [0.25, 0.3) is 0 Å². The summed E-state index contributed by atoms with van der Waals surface area (Å²) in [6.07, 6.45) is 3.36. The van der Waals surface area contributed by atoms with Gasteiger partial charge >= 0.3 is 0 Å². The first kappa shape index (κ1) is 14.0. The van der Waals surface area contributed by atoms with Crippen LogP contribution < -0.4 is 5.32 Å². The van der Waals surface area contributed by atoms with Gasteiger partial charge in [0.2, 0.25) is 11.8 Å². The molecule has 0 radical (unpaired) electrons. The zero-order valence-electron chi connectivity index (χ0n) is 10.6. The molecule has 1 aromatic carbocycles. The van der Waals surface area contributed by atoms with E-state index in [1.54, 1.807) is 30.6 Å². The molecule has 0 atom stereocenters. The van der Waals surface area contributed by atoms with Crippen LogP contribution in [-0.4, -0.2) is 21.8 Å². The number of halogens is 2. The van der Waals surface area contributed by atoms with E-state index in [-0.39, 0.29) is 11.8 Å². The van der Waals surface area contributed by atoms with Crippen molar-refractivity contribution in [3.05, 3.63) is 41.1 Å². The summed E-state index contributed by atoms with van der Waals surface area (Å²) in [6, 6.07) is 7.09. The topological polar surface area (TPSA) is 68.0 Å². The lowest BCUT2D eigenvalue weighted by Crippen LogP contribution is -2.12. The van der Waals surface area contributed by atoms with Crippen molar-refractivity contribution >= 4 is 50.2 Å². The summed E-state index contributed by atoms with van der Waals surface area (Å²) < 4.78 is 6.53. The molecule has 3 rings (SSSR count). The normalized spacial score (nSPS) is 10.8. The average Bonchev–Trinajstić information content (AvgIpc) is 2.90. The van der Waals surface area contributed by atoms with Crippen LogP contribution in [0.2, 0.25) is 0 Å². The predicted molar refractivity (Wildman–Crippen MR) is 84.3 cm³/mol. The van der Waals surface area contributed by atoms with Crippen molar-refractivity contribution in [2.45, 2.75) is 0 Å². The quantitative estimate of drug-likeness (QED) is 0.715. The van der Waals surface area contributed by atoms with Crippen molar-refractivity contribution in [3.8, 4) is 11.5 Å². The van der Waals surface area contributed by atoms with Crippen LogP contribution in [0.3, 0.4) is 0 Å². The molecule has 0 saturated carbocycles. The van der Waals surface area contributed by atoms with Crippen LogP contribution in [0.4, 0.5) is 5.69 Å². The molecule has 1 amide bonds. The SMILES string of the molecule is O=C(CCl)Nc1ccc2oc(-c3cncc(Br)c3)nc2c1. The van der Waals surface area contributed by atoms with Crippen molar-refractivity contribution in [3.63, 3.8) is 0 Å². The number of nitrogens with one attached hydrogen (secondary N) is 1. The number of hydrogen-bond acceptors (Lipinski definition) is 4. The molecule has 0 aliphatic rings. The van der Waals surface area contributed by atoms with Gasteiger partial charge in [0.15, 0.2) is 5.58 Å². The molecule has 0 saturated heterocycles. The van der Waals surface area contributed by atoms with Crippen molar-refractivity contribution < 1.29 is 9.21 Å². The molecule has 0 fully saturated rings. The third kappa shape index (κ3) is 3.06. The average molecular weight is 367 g/mol. The number of fused-ring (bicyclic) bond motifs is 1. The fourth-order valence-corrected chi connectivity index (χ4v) is 2.28. The van der Waals surface area contributed by atoms with Gasteiger partial charge in [-0.3, -0.25) is 9.78 Å². The highest BCUT2D eigenvalue weighted by atomic mass is 79.9. The third-order valence-electron chi connectivity index (χ3n) is 2.74. The molecule has 2 heterocycles. The van der Waals surface area contributed by atoms with E-state index in [4.69, 9.17) is 16.0 Å². The predicted octanol–water partition coefficient (Wildman–Crippen LogP) is 3.83. The molecule has 0 aliphatic carbocycles. The fourth-order valence-electron chi connectivity index (χ4n) is 1.85. The highest BCUT2D eigenvalue weighted by molar-refractivity contribution is 9.10. The van der Waals surface area contributed by atoms with Gasteiger partial charge in [-0.05, 0) is 40.2 Å². The van der Waals surface area contributed by atoms with Gasteiger partial charge in [0.05, 0.1) is 5.56 Å². The van der Waals surface area contributed by atoms with E-state index in [1.165, 1.54) is 0 Å². The number of rotatable bonds is 3. The Bertz CT molecular complexity index is 819. The fraction of sp³-hybridized carbons (Fsp3) is 0.0714. The zero-order valence-corrected chi connectivity index (χ0v) is 13.0. The minimum absolute atomic E-state index is 0.0915. The van der Waals surface area contributed by atoms with Gasteiger partial charge in [0, 0.05) is 22.6 Å². The lowest BCUT2D eigenvalue weighted by atomic mass is 10.3. The van der Waals surface area contributed by atoms with Gasteiger partial charge < -0.3 is 9.73 Å². The maximum atomic E-state index is 11.3. The Morgan fingerprint density at radius 2 is 2.19 bits per heavy atom. The van der Waals surface area contributed by atoms with Crippen LogP contribution in [0, 0.1) is 0 Å². The number of amides is 1. The van der Waals surface area contributed by atoms with Crippen molar-refractivity contribution in [2.24, 2.45) is 0 Å². The number of carbonyl (C=O) groups excluding carboxylic acids is 1. The van der Waals surface area contributed by atoms with Gasteiger partial charge in [-0.15, -0.1) is 11.6 Å². The molecule has 0 spiro atoms. The van der Waals surface area contributed by atoms with Gasteiger partial charge in [0.1, 0.15) is 11.4 Å². The molecule has 0 aliphatic heterocycles. The smallest absolute Gasteiger partial charge is 0.239 e. The Kier molecular flexibility index (Phi) is 3.90. The monoisotopic (exact) mass is 365 g/mol. The summed E-state index contributed by atoms with van der Waals surface area (Å²) in [5.74, 6) is 0.113. The number of pyridine rings is 1. The number of hydrogen-bond donors (Lipinski definition) is 1. The van der Waals surface area contributed by atoms with E-state index in [2.05, 4.69) is 31.2 Å². The van der Waals surface area contributed by atoms with E-state index < -0.39 is 0 Å². The van der Waals surface area contributed by atoms with Crippen LogP contribution in [0.25, 0.3) is 22.6 Å². The molecule has 2 aromatic heterocycles. The molecule has 3 aromatic rings. The van der Waals surface area contributed by atoms with Gasteiger partial charge in [-0.1, -0.05) is 0 Å². The number of anilines is 1. The highest BCUT2D eigenvalue weighted by Gasteiger charge is 2.10. The second-order valence-corrected chi connectivity index (χ2v) is 5.46. The maximum Gasteiger partial charge on any atom is 0.239 e. The summed E-state index contributed by atoms with van der Waals surface area (Å²) in [6.45, 7) is 0. The molecule has 106 valence electrons. The second-order valence-electron chi connectivity index (χ2n) is 4.28. The first-order chi connectivity index (χ1) is 10.2. The number of benzene rings is 1. The minimum atomic E-state index is -0.268. The molecule has 1 N–H and O–H groups in total.